The van der Waals surface area contributed by atoms with Gasteiger partial charge >= 0.3 is 0 Å². The lowest BCUT2D eigenvalue weighted by Crippen LogP contribution is -2.03. The summed E-state index contributed by atoms with van der Waals surface area (Å²) in [6, 6.07) is 4.95. The summed E-state index contributed by atoms with van der Waals surface area (Å²) in [5.74, 6) is 1.15. The number of benzene rings is 1. The summed E-state index contributed by atoms with van der Waals surface area (Å²) in [6.07, 6.45) is 9.61. The first-order valence-electron chi connectivity index (χ1n) is 6.86. The molecule has 5 heteroatoms. The molecule has 4 nitrogen and oxygen atoms in total. The van der Waals surface area contributed by atoms with Crippen LogP contribution in [0.25, 0.3) is 11.1 Å². The van der Waals surface area contributed by atoms with Crippen LogP contribution in [0.5, 0.6) is 0 Å². The first-order valence-corrected chi connectivity index (χ1v) is 6.86. The Morgan fingerprint density at radius 3 is 2.86 bits per heavy atom. The molecule has 0 amide bonds. The number of aromatic nitrogens is 4. The number of halogens is 1. The third-order valence-corrected chi connectivity index (χ3v) is 3.97. The molecule has 1 aliphatic heterocycles. The van der Waals surface area contributed by atoms with E-state index in [0.717, 1.165) is 35.5 Å². The van der Waals surface area contributed by atoms with Crippen molar-refractivity contribution in [3.63, 3.8) is 0 Å². The fraction of sp³-hybridized carbons (Fsp3) is 0.188. The zero-order valence-electron chi connectivity index (χ0n) is 11.3. The van der Waals surface area contributed by atoms with E-state index in [1.54, 1.807) is 18.5 Å². The van der Waals surface area contributed by atoms with Gasteiger partial charge in [0.25, 0.3) is 0 Å². The van der Waals surface area contributed by atoms with Crippen LogP contribution in [0, 0.1) is 5.82 Å². The van der Waals surface area contributed by atoms with E-state index in [9.17, 15) is 4.39 Å². The number of rotatable bonds is 2. The zero-order chi connectivity index (χ0) is 14.2. The molecule has 104 valence electrons. The fourth-order valence-electron chi connectivity index (χ4n) is 3.00. The predicted octanol–water partition coefficient (Wildman–Crippen LogP) is 2.82. The van der Waals surface area contributed by atoms with Gasteiger partial charge in [-0.3, -0.25) is 0 Å². The summed E-state index contributed by atoms with van der Waals surface area (Å²) < 4.78 is 15.8. The van der Waals surface area contributed by atoms with Gasteiger partial charge in [-0.05, 0) is 23.3 Å². The van der Waals surface area contributed by atoms with Crippen LogP contribution in [0.2, 0.25) is 0 Å². The minimum atomic E-state index is -0.242. The molecule has 1 unspecified atom stereocenters. The van der Waals surface area contributed by atoms with E-state index in [-0.39, 0.29) is 5.82 Å². The van der Waals surface area contributed by atoms with E-state index in [1.807, 2.05) is 18.5 Å². The Kier molecular flexibility index (Phi) is 2.77. The van der Waals surface area contributed by atoms with Gasteiger partial charge in [-0.25, -0.2) is 19.3 Å². The summed E-state index contributed by atoms with van der Waals surface area (Å²) >= 11 is 0. The molecule has 0 aliphatic carbocycles. The molecule has 1 aromatic carbocycles. The number of imidazole rings is 1. The Bertz CT molecular complexity index is 761. The van der Waals surface area contributed by atoms with E-state index in [0.29, 0.717) is 5.92 Å². The highest BCUT2D eigenvalue weighted by molar-refractivity contribution is 5.66. The predicted molar refractivity (Wildman–Crippen MR) is 76.1 cm³/mol. The van der Waals surface area contributed by atoms with Gasteiger partial charge in [-0.2, -0.15) is 0 Å². The van der Waals surface area contributed by atoms with E-state index < -0.39 is 0 Å². The van der Waals surface area contributed by atoms with E-state index >= 15 is 0 Å². The van der Waals surface area contributed by atoms with Crippen LogP contribution in [0.4, 0.5) is 4.39 Å². The zero-order valence-corrected chi connectivity index (χ0v) is 11.3. The lowest BCUT2D eigenvalue weighted by molar-refractivity contribution is 0.621. The Hall–Kier alpha value is -2.56. The molecular weight excluding hydrogens is 267 g/mol. The second kappa shape index (κ2) is 4.77. The van der Waals surface area contributed by atoms with Crippen LogP contribution in [0.3, 0.4) is 0 Å². The minimum absolute atomic E-state index is 0.242. The molecule has 0 bridgehead atoms. The second-order valence-electron chi connectivity index (χ2n) is 5.26. The van der Waals surface area contributed by atoms with Crippen LogP contribution >= 0.6 is 0 Å². The second-order valence-corrected chi connectivity index (χ2v) is 5.26. The molecule has 1 aliphatic rings. The third-order valence-electron chi connectivity index (χ3n) is 3.97. The van der Waals surface area contributed by atoms with E-state index in [2.05, 4.69) is 19.5 Å². The quantitative estimate of drug-likeness (QED) is 0.725. The monoisotopic (exact) mass is 280 g/mol. The Morgan fingerprint density at radius 1 is 1.19 bits per heavy atom. The maximum atomic E-state index is 13.7. The molecule has 21 heavy (non-hydrogen) atoms. The smallest absolute Gasteiger partial charge is 0.123 e. The molecule has 0 N–H and O–H groups in total. The lowest BCUT2D eigenvalue weighted by Gasteiger charge is -2.15. The van der Waals surface area contributed by atoms with Gasteiger partial charge in [-0.1, -0.05) is 6.07 Å². The Labute approximate surface area is 121 Å². The van der Waals surface area contributed by atoms with Crippen LogP contribution in [0.1, 0.15) is 17.3 Å². The van der Waals surface area contributed by atoms with Gasteiger partial charge in [-0.15, -0.1) is 0 Å². The fourth-order valence-corrected chi connectivity index (χ4v) is 3.00. The average Bonchev–Trinajstić information content (AvgIpc) is 3.09. The number of nitrogens with zero attached hydrogens (tertiary/aromatic N) is 4. The SMILES string of the molecule is Fc1ccc(C2Cc3nccn3C2)c(-c2cncnc2)c1. The van der Waals surface area contributed by atoms with Gasteiger partial charge in [0.2, 0.25) is 0 Å². The average molecular weight is 280 g/mol. The van der Waals surface area contributed by atoms with Gasteiger partial charge < -0.3 is 4.57 Å². The molecule has 0 spiro atoms. The first-order chi connectivity index (χ1) is 10.3. The molecule has 4 rings (SSSR count). The highest BCUT2D eigenvalue weighted by Crippen LogP contribution is 2.35. The highest BCUT2D eigenvalue weighted by Gasteiger charge is 2.25. The normalized spacial score (nSPS) is 16.9. The van der Waals surface area contributed by atoms with Gasteiger partial charge in [0.05, 0.1) is 0 Å². The largest absolute Gasteiger partial charge is 0.334 e. The van der Waals surface area contributed by atoms with Crippen molar-refractivity contribution in [2.75, 3.05) is 0 Å². The van der Waals surface area contributed by atoms with Gasteiger partial charge in [0.15, 0.2) is 0 Å². The molecule has 0 fully saturated rings. The first kappa shape index (κ1) is 12.2. The van der Waals surface area contributed by atoms with Crippen molar-refractivity contribution in [3.05, 3.63) is 66.5 Å². The van der Waals surface area contributed by atoms with Crippen molar-refractivity contribution in [1.82, 2.24) is 19.5 Å². The van der Waals surface area contributed by atoms with Crippen LogP contribution < -0.4 is 0 Å². The van der Waals surface area contributed by atoms with E-state index in [4.69, 9.17) is 0 Å². The van der Waals surface area contributed by atoms with Crippen LogP contribution in [-0.2, 0) is 13.0 Å². The van der Waals surface area contributed by atoms with Gasteiger partial charge in [0.1, 0.15) is 18.0 Å². The molecule has 1 atom stereocenters. The van der Waals surface area contributed by atoms with Crippen molar-refractivity contribution < 1.29 is 4.39 Å². The molecule has 0 radical (unpaired) electrons. The third kappa shape index (κ3) is 2.11. The number of hydrogen-bond donors (Lipinski definition) is 0. The highest BCUT2D eigenvalue weighted by atomic mass is 19.1. The number of fused-ring (bicyclic) bond motifs is 1. The topological polar surface area (TPSA) is 43.6 Å². The van der Waals surface area contributed by atoms with Crippen molar-refractivity contribution >= 4 is 0 Å². The Morgan fingerprint density at radius 2 is 2.05 bits per heavy atom. The van der Waals surface area contributed by atoms with Gasteiger partial charge in [0, 0.05) is 49.2 Å². The summed E-state index contributed by atoms with van der Waals surface area (Å²) in [6.45, 7) is 0.877. The minimum Gasteiger partial charge on any atom is -0.334 e. The lowest BCUT2D eigenvalue weighted by atomic mass is 9.90. The molecule has 2 aromatic heterocycles. The van der Waals surface area contributed by atoms with E-state index in [1.165, 1.54) is 12.4 Å². The molecule has 3 aromatic rings. The molecular formula is C16H13FN4. The summed E-state index contributed by atoms with van der Waals surface area (Å²) in [5.41, 5.74) is 2.83. The maximum Gasteiger partial charge on any atom is 0.123 e. The maximum absolute atomic E-state index is 13.7. The van der Waals surface area contributed by atoms with Crippen LogP contribution in [0.15, 0.2) is 49.3 Å². The number of hydrogen-bond acceptors (Lipinski definition) is 3. The summed E-state index contributed by atoms with van der Waals surface area (Å²) in [4.78, 5) is 12.4. The summed E-state index contributed by atoms with van der Waals surface area (Å²) in [5, 5.41) is 0. The van der Waals surface area contributed by atoms with Crippen molar-refractivity contribution in [2.24, 2.45) is 0 Å². The van der Waals surface area contributed by atoms with Crippen molar-refractivity contribution in [2.45, 2.75) is 18.9 Å². The molecule has 0 saturated carbocycles. The van der Waals surface area contributed by atoms with Crippen LogP contribution in [-0.4, -0.2) is 19.5 Å². The van der Waals surface area contributed by atoms with Crippen molar-refractivity contribution in [1.29, 1.82) is 0 Å². The Balaban J connectivity index is 1.78. The molecule has 0 saturated heterocycles. The standard InChI is InChI=1S/C16H13FN4/c17-13-1-2-14(11-5-16-20-3-4-21(16)9-11)15(6-13)12-7-18-10-19-8-12/h1-4,6-8,10-11H,5,9H2. The van der Waals surface area contributed by atoms with Crippen molar-refractivity contribution in [3.8, 4) is 11.1 Å². The summed E-state index contributed by atoms with van der Waals surface area (Å²) in [7, 11) is 0. The molecule has 3 heterocycles.